The van der Waals surface area contributed by atoms with Gasteiger partial charge in [-0.05, 0) is 55.3 Å². The number of aryl methyl sites for hydroxylation is 2. The molecule has 0 spiro atoms. The molecule has 1 unspecified atom stereocenters. The fraction of sp³-hybridized carbons (Fsp3) is 0.286. The van der Waals surface area contributed by atoms with Crippen LogP contribution >= 0.6 is 11.6 Å². The minimum absolute atomic E-state index is 0.0114. The molecule has 0 aliphatic carbocycles. The molecule has 10 heteroatoms. The van der Waals surface area contributed by atoms with Crippen molar-refractivity contribution >= 4 is 44.9 Å². The van der Waals surface area contributed by atoms with Gasteiger partial charge in [-0.2, -0.15) is 0 Å². The van der Waals surface area contributed by atoms with Crippen molar-refractivity contribution in [3.8, 4) is 0 Å². The van der Waals surface area contributed by atoms with Crippen molar-refractivity contribution in [3.63, 3.8) is 0 Å². The van der Waals surface area contributed by atoms with Crippen LogP contribution in [0, 0.1) is 13.8 Å². The lowest BCUT2D eigenvalue weighted by Gasteiger charge is -2.38. The highest BCUT2D eigenvalue weighted by Crippen LogP contribution is 2.34. The molecule has 3 aromatic rings. The molecule has 2 aliphatic heterocycles. The van der Waals surface area contributed by atoms with Crippen LogP contribution in [0.1, 0.15) is 11.1 Å². The standard InChI is InChI=1S/C28H29ClN4O4S/c1-20-12-13-21(2)25(18-20)30-14-16-31(17-15-30)27(34)26-19-32(38(36,37)22-8-4-3-5-9-22)28(35)33(26)24-11-7-6-10-23(24)29/h3-13,18,26H,14-17,19H2,1-2H3. The Morgan fingerprint density at radius 1 is 0.868 bits per heavy atom. The van der Waals surface area contributed by atoms with Gasteiger partial charge in [-0.15, -0.1) is 0 Å². The number of nitrogens with zero attached hydrogens (tertiary/aromatic N) is 4. The maximum absolute atomic E-state index is 13.9. The molecule has 0 N–H and O–H groups in total. The minimum Gasteiger partial charge on any atom is -0.368 e. The highest BCUT2D eigenvalue weighted by Gasteiger charge is 2.49. The van der Waals surface area contributed by atoms with Gasteiger partial charge in [0.25, 0.3) is 10.0 Å². The van der Waals surface area contributed by atoms with Crippen LogP contribution in [-0.2, 0) is 14.8 Å². The highest BCUT2D eigenvalue weighted by atomic mass is 35.5. The second-order valence-corrected chi connectivity index (χ2v) is 11.8. The predicted octanol–water partition coefficient (Wildman–Crippen LogP) is 4.31. The van der Waals surface area contributed by atoms with Gasteiger partial charge in [0, 0.05) is 31.9 Å². The largest absolute Gasteiger partial charge is 0.368 e. The number of carbonyl (C=O) groups excluding carboxylic acids is 2. The maximum Gasteiger partial charge on any atom is 0.339 e. The Labute approximate surface area is 228 Å². The average molecular weight is 553 g/mol. The predicted molar refractivity (Wildman–Crippen MR) is 148 cm³/mol. The summed E-state index contributed by atoms with van der Waals surface area (Å²) in [5.41, 5.74) is 3.79. The van der Waals surface area contributed by atoms with Gasteiger partial charge >= 0.3 is 6.03 Å². The summed E-state index contributed by atoms with van der Waals surface area (Å²) >= 11 is 6.43. The molecule has 38 heavy (non-hydrogen) atoms. The molecule has 1 atom stereocenters. The number of benzene rings is 3. The monoisotopic (exact) mass is 552 g/mol. The number of hydrogen-bond donors (Lipinski definition) is 0. The number of para-hydroxylation sites is 1. The molecule has 0 saturated carbocycles. The third-order valence-electron chi connectivity index (χ3n) is 7.09. The molecular weight excluding hydrogens is 524 g/mol. The number of anilines is 2. The van der Waals surface area contributed by atoms with E-state index in [1.165, 1.54) is 28.2 Å². The number of piperazine rings is 1. The van der Waals surface area contributed by atoms with Crippen LogP contribution in [0.5, 0.6) is 0 Å². The van der Waals surface area contributed by atoms with Gasteiger partial charge in [0.05, 0.1) is 22.2 Å². The number of rotatable bonds is 5. The molecule has 0 radical (unpaired) electrons. The van der Waals surface area contributed by atoms with Crippen molar-refractivity contribution in [2.45, 2.75) is 24.8 Å². The minimum atomic E-state index is -4.17. The van der Waals surface area contributed by atoms with E-state index in [0.29, 0.717) is 31.9 Å². The summed E-state index contributed by atoms with van der Waals surface area (Å²) in [5.74, 6) is -0.301. The molecule has 3 aromatic carbocycles. The van der Waals surface area contributed by atoms with Crippen molar-refractivity contribution in [3.05, 3.63) is 88.9 Å². The lowest BCUT2D eigenvalue weighted by atomic mass is 10.1. The van der Waals surface area contributed by atoms with E-state index >= 15 is 0 Å². The van der Waals surface area contributed by atoms with E-state index in [0.717, 1.165) is 9.99 Å². The molecule has 0 aromatic heterocycles. The highest BCUT2D eigenvalue weighted by molar-refractivity contribution is 7.89. The van der Waals surface area contributed by atoms with Crippen molar-refractivity contribution in [1.82, 2.24) is 9.21 Å². The summed E-state index contributed by atoms with van der Waals surface area (Å²) in [5, 5.41) is 0.261. The Morgan fingerprint density at radius 2 is 1.53 bits per heavy atom. The van der Waals surface area contributed by atoms with Crippen LogP contribution in [0.3, 0.4) is 0 Å². The van der Waals surface area contributed by atoms with Gasteiger partial charge in [0.2, 0.25) is 5.91 Å². The fourth-order valence-electron chi connectivity index (χ4n) is 5.04. The number of urea groups is 1. The Bertz CT molecular complexity index is 1470. The van der Waals surface area contributed by atoms with Crippen molar-refractivity contribution in [1.29, 1.82) is 0 Å². The van der Waals surface area contributed by atoms with Gasteiger partial charge in [-0.25, -0.2) is 17.5 Å². The summed E-state index contributed by atoms with van der Waals surface area (Å²) in [7, 11) is -4.17. The van der Waals surface area contributed by atoms with E-state index in [2.05, 4.69) is 36.9 Å². The zero-order chi connectivity index (χ0) is 27.0. The summed E-state index contributed by atoms with van der Waals surface area (Å²) in [6, 6.07) is 18.9. The first kappa shape index (κ1) is 26.1. The third-order valence-corrected chi connectivity index (χ3v) is 9.17. The zero-order valence-corrected chi connectivity index (χ0v) is 22.8. The molecule has 2 heterocycles. The zero-order valence-electron chi connectivity index (χ0n) is 21.2. The van der Waals surface area contributed by atoms with E-state index < -0.39 is 22.1 Å². The molecule has 0 bridgehead atoms. The molecule has 3 amide bonds. The lowest BCUT2D eigenvalue weighted by Crippen LogP contribution is -2.55. The molecule has 2 saturated heterocycles. The Balaban J connectivity index is 1.42. The van der Waals surface area contributed by atoms with Gasteiger partial charge in [0.15, 0.2) is 0 Å². The fourth-order valence-corrected chi connectivity index (χ4v) is 6.65. The first-order valence-corrected chi connectivity index (χ1v) is 14.3. The van der Waals surface area contributed by atoms with Crippen molar-refractivity contribution in [2.24, 2.45) is 0 Å². The van der Waals surface area contributed by atoms with Crippen LogP contribution in [-0.4, -0.2) is 68.3 Å². The molecule has 5 rings (SSSR count). The van der Waals surface area contributed by atoms with Gasteiger partial charge in [-0.3, -0.25) is 9.69 Å². The Kier molecular flexibility index (Phi) is 7.07. The Hall–Kier alpha value is -3.56. The van der Waals surface area contributed by atoms with Crippen LogP contribution in [0.25, 0.3) is 0 Å². The smallest absolute Gasteiger partial charge is 0.339 e. The normalized spacial score (nSPS) is 18.3. The van der Waals surface area contributed by atoms with Gasteiger partial charge in [0.1, 0.15) is 6.04 Å². The van der Waals surface area contributed by atoms with E-state index in [4.69, 9.17) is 11.6 Å². The third kappa shape index (κ3) is 4.72. The van der Waals surface area contributed by atoms with E-state index in [-0.39, 0.29) is 22.4 Å². The van der Waals surface area contributed by atoms with Crippen LogP contribution in [0.4, 0.5) is 16.2 Å². The summed E-state index contributed by atoms with van der Waals surface area (Å²) in [4.78, 5) is 32.7. The number of halogens is 1. The first-order chi connectivity index (χ1) is 18.2. The summed E-state index contributed by atoms with van der Waals surface area (Å²) in [6.07, 6.45) is 0. The number of hydrogen-bond acceptors (Lipinski definition) is 5. The summed E-state index contributed by atoms with van der Waals surface area (Å²) < 4.78 is 27.6. The van der Waals surface area contributed by atoms with E-state index in [1.54, 1.807) is 47.4 Å². The number of amides is 3. The number of carbonyl (C=O) groups is 2. The second kappa shape index (κ2) is 10.3. The van der Waals surface area contributed by atoms with E-state index in [9.17, 15) is 18.0 Å². The molecular formula is C28H29ClN4O4S. The van der Waals surface area contributed by atoms with E-state index in [1.807, 2.05) is 0 Å². The molecule has 2 fully saturated rings. The lowest BCUT2D eigenvalue weighted by molar-refractivity contribution is -0.132. The van der Waals surface area contributed by atoms with Crippen LogP contribution < -0.4 is 9.80 Å². The maximum atomic E-state index is 13.9. The quantitative estimate of drug-likeness (QED) is 0.471. The first-order valence-electron chi connectivity index (χ1n) is 12.4. The average Bonchev–Trinajstić information content (AvgIpc) is 3.28. The van der Waals surface area contributed by atoms with Gasteiger partial charge in [-0.1, -0.05) is 54.1 Å². The SMILES string of the molecule is Cc1ccc(C)c(N2CCN(C(=O)C3CN(S(=O)(=O)c4ccccc4)C(=O)N3c3ccccc3Cl)CC2)c1. The van der Waals surface area contributed by atoms with Crippen LogP contribution in [0.2, 0.25) is 5.02 Å². The van der Waals surface area contributed by atoms with Crippen LogP contribution in [0.15, 0.2) is 77.7 Å². The molecule has 8 nitrogen and oxygen atoms in total. The molecule has 198 valence electrons. The molecule has 2 aliphatic rings. The van der Waals surface area contributed by atoms with Crippen molar-refractivity contribution in [2.75, 3.05) is 42.5 Å². The Morgan fingerprint density at radius 3 is 2.21 bits per heavy atom. The van der Waals surface area contributed by atoms with Gasteiger partial charge < -0.3 is 9.80 Å². The summed E-state index contributed by atoms with van der Waals surface area (Å²) in [6.45, 7) is 6.01. The second-order valence-electron chi connectivity index (χ2n) is 9.57. The topological polar surface area (TPSA) is 81.2 Å². The number of sulfonamides is 1. The van der Waals surface area contributed by atoms with Crippen molar-refractivity contribution < 1.29 is 18.0 Å².